The minimum absolute atomic E-state index is 0.336. The van der Waals surface area contributed by atoms with Crippen LogP contribution in [0.2, 0.25) is 0 Å². The summed E-state index contributed by atoms with van der Waals surface area (Å²) in [5.74, 6) is 3.67. The maximum atomic E-state index is 5.93. The zero-order valence-electron chi connectivity index (χ0n) is 12.5. The molecule has 1 heterocycles. The van der Waals surface area contributed by atoms with Crippen molar-refractivity contribution < 1.29 is 4.42 Å². The molecule has 3 rings (SSSR count). The predicted molar refractivity (Wildman–Crippen MR) is 81.7 cm³/mol. The van der Waals surface area contributed by atoms with E-state index in [1.807, 2.05) is 0 Å². The fraction of sp³-hybridized carbons (Fsp3) is 0.444. The molecule has 2 nitrogen and oxygen atoms in total. The molecular formula is C18H23NO. The summed E-state index contributed by atoms with van der Waals surface area (Å²) in [6.07, 6.45) is 1.28. The van der Waals surface area contributed by atoms with Gasteiger partial charge in [-0.1, -0.05) is 36.8 Å². The van der Waals surface area contributed by atoms with E-state index < -0.39 is 0 Å². The van der Waals surface area contributed by atoms with Crippen molar-refractivity contribution in [3.05, 3.63) is 59.0 Å². The van der Waals surface area contributed by atoms with Gasteiger partial charge < -0.3 is 9.73 Å². The molecule has 1 aromatic heterocycles. The third-order valence-corrected chi connectivity index (χ3v) is 4.28. The highest BCUT2D eigenvalue weighted by Crippen LogP contribution is 2.47. The Kier molecular flexibility index (Phi) is 3.66. The number of hydrogen-bond donors (Lipinski definition) is 1. The standard InChI is InChI=1S/C18H23NO/c1-12-5-4-6-15(9-12)14(3)19-11-16-7-8-18(20-16)17-10-13(17)2/h4-9,13-14,17,19H,10-11H2,1-3H3/t13?,14-,17?/m0/s1. The first-order valence-electron chi connectivity index (χ1n) is 7.52. The van der Waals surface area contributed by atoms with E-state index in [-0.39, 0.29) is 0 Å². The third kappa shape index (κ3) is 2.96. The first-order valence-corrected chi connectivity index (χ1v) is 7.52. The molecule has 0 radical (unpaired) electrons. The van der Waals surface area contributed by atoms with Crippen molar-refractivity contribution in [2.45, 2.75) is 45.7 Å². The maximum absolute atomic E-state index is 5.93. The van der Waals surface area contributed by atoms with Crippen molar-refractivity contribution in [3.8, 4) is 0 Å². The Balaban J connectivity index is 1.57. The number of aryl methyl sites for hydroxylation is 1. The molecule has 2 aromatic rings. The van der Waals surface area contributed by atoms with Crippen LogP contribution < -0.4 is 5.32 Å². The first-order chi connectivity index (χ1) is 9.63. The van der Waals surface area contributed by atoms with Gasteiger partial charge in [-0.25, -0.2) is 0 Å². The molecule has 106 valence electrons. The molecular weight excluding hydrogens is 246 g/mol. The number of rotatable bonds is 5. The van der Waals surface area contributed by atoms with E-state index in [0.717, 1.165) is 24.0 Å². The Morgan fingerprint density at radius 2 is 2.10 bits per heavy atom. The first kappa shape index (κ1) is 13.4. The van der Waals surface area contributed by atoms with Crippen LogP contribution in [0.25, 0.3) is 0 Å². The van der Waals surface area contributed by atoms with Crippen LogP contribution in [0.1, 0.15) is 54.9 Å². The fourth-order valence-corrected chi connectivity index (χ4v) is 2.72. The zero-order chi connectivity index (χ0) is 14.1. The average Bonchev–Trinajstić information content (AvgIpc) is 2.99. The summed E-state index contributed by atoms with van der Waals surface area (Å²) < 4.78 is 5.93. The number of furan rings is 1. The van der Waals surface area contributed by atoms with Gasteiger partial charge in [0.05, 0.1) is 6.54 Å². The second kappa shape index (κ2) is 5.45. The van der Waals surface area contributed by atoms with Crippen LogP contribution in [-0.4, -0.2) is 0 Å². The van der Waals surface area contributed by atoms with Crippen LogP contribution in [0.3, 0.4) is 0 Å². The molecule has 0 spiro atoms. The molecule has 2 unspecified atom stereocenters. The van der Waals surface area contributed by atoms with Crippen molar-refractivity contribution in [1.29, 1.82) is 0 Å². The van der Waals surface area contributed by atoms with Crippen molar-refractivity contribution >= 4 is 0 Å². The Hall–Kier alpha value is -1.54. The van der Waals surface area contributed by atoms with Gasteiger partial charge in [-0.3, -0.25) is 0 Å². The Morgan fingerprint density at radius 3 is 2.80 bits per heavy atom. The SMILES string of the molecule is Cc1cccc([C@H](C)NCc2ccc(C3CC3C)o2)c1. The summed E-state index contributed by atoms with van der Waals surface area (Å²) in [7, 11) is 0. The van der Waals surface area contributed by atoms with Gasteiger partial charge in [-0.05, 0) is 43.9 Å². The van der Waals surface area contributed by atoms with E-state index >= 15 is 0 Å². The van der Waals surface area contributed by atoms with Gasteiger partial charge in [0.1, 0.15) is 11.5 Å². The molecule has 0 saturated heterocycles. The molecule has 1 aliphatic carbocycles. The monoisotopic (exact) mass is 269 g/mol. The van der Waals surface area contributed by atoms with Crippen LogP contribution in [0, 0.1) is 12.8 Å². The number of hydrogen-bond acceptors (Lipinski definition) is 2. The molecule has 1 saturated carbocycles. The average molecular weight is 269 g/mol. The lowest BCUT2D eigenvalue weighted by molar-refractivity contribution is 0.430. The largest absolute Gasteiger partial charge is 0.464 e. The van der Waals surface area contributed by atoms with Crippen LogP contribution in [-0.2, 0) is 6.54 Å². The Labute approximate surface area is 121 Å². The molecule has 1 N–H and O–H groups in total. The van der Waals surface area contributed by atoms with E-state index in [0.29, 0.717) is 12.0 Å². The lowest BCUT2D eigenvalue weighted by Gasteiger charge is -2.13. The molecule has 1 fully saturated rings. The van der Waals surface area contributed by atoms with Gasteiger partial charge in [-0.15, -0.1) is 0 Å². The van der Waals surface area contributed by atoms with Gasteiger partial charge in [0.15, 0.2) is 0 Å². The van der Waals surface area contributed by atoms with Gasteiger partial charge >= 0.3 is 0 Å². The van der Waals surface area contributed by atoms with E-state index in [9.17, 15) is 0 Å². The zero-order valence-corrected chi connectivity index (χ0v) is 12.5. The summed E-state index contributed by atoms with van der Waals surface area (Å²) >= 11 is 0. The predicted octanol–water partition coefficient (Wildman–Crippen LogP) is 4.56. The van der Waals surface area contributed by atoms with Crippen molar-refractivity contribution in [2.75, 3.05) is 0 Å². The van der Waals surface area contributed by atoms with Crippen molar-refractivity contribution in [2.24, 2.45) is 5.92 Å². The normalized spacial score (nSPS) is 22.8. The van der Waals surface area contributed by atoms with E-state index in [1.54, 1.807) is 0 Å². The quantitative estimate of drug-likeness (QED) is 0.860. The third-order valence-electron chi connectivity index (χ3n) is 4.28. The highest BCUT2D eigenvalue weighted by molar-refractivity contribution is 5.25. The topological polar surface area (TPSA) is 25.2 Å². The second-order valence-corrected chi connectivity index (χ2v) is 6.14. The van der Waals surface area contributed by atoms with Crippen molar-refractivity contribution in [3.63, 3.8) is 0 Å². The summed E-state index contributed by atoms with van der Waals surface area (Å²) in [6.45, 7) is 7.40. The summed E-state index contributed by atoms with van der Waals surface area (Å²) in [5, 5.41) is 3.53. The van der Waals surface area contributed by atoms with Crippen LogP contribution >= 0.6 is 0 Å². The molecule has 0 bridgehead atoms. The van der Waals surface area contributed by atoms with Crippen molar-refractivity contribution in [1.82, 2.24) is 5.32 Å². The Bertz CT molecular complexity index is 587. The molecule has 1 aromatic carbocycles. The number of nitrogens with one attached hydrogen (secondary N) is 1. The second-order valence-electron chi connectivity index (χ2n) is 6.14. The van der Waals surface area contributed by atoms with Crippen LogP contribution in [0.15, 0.2) is 40.8 Å². The van der Waals surface area contributed by atoms with Gasteiger partial charge in [-0.2, -0.15) is 0 Å². The fourth-order valence-electron chi connectivity index (χ4n) is 2.72. The summed E-state index contributed by atoms with van der Waals surface area (Å²) in [6, 6.07) is 13.2. The summed E-state index contributed by atoms with van der Waals surface area (Å²) in [4.78, 5) is 0. The highest BCUT2D eigenvalue weighted by atomic mass is 16.3. The molecule has 1 aliphatic rings. The van der Waals surface area contributed by atoms with E-state index in [1.165, 1.54) is 17.5 Å². The molecule has 3 atom stereocenters. The molecule has 20 heavy (non-hydrogen) atoms. The molecule has 2 heteroatoms. The highest BCUT2D eigenvalue weighted by Gasteiger charge is 2.36. The van der Waals surface area contributed by atoms with Crippen LogP contribution in [0.4, 0.5) is 0 Å². The van der Waals surface area contributed by atoms with Gasteiger partial charge in [0.2, 0.25) is 0 Å². The molecule has 0 amide bonds. The van der Waals surface area contributed by atoms with E-state index in [2.05, 4.69) is 62.5 Å². The summed E-state index contributed by atoms with van der Waals surface area (Å²) in [5.41, 5.74) is 2.63. The molecule has 0 aliphatic heterocycles. The maximum Gasteiger partial charge on any atom is 0.117 e. The van der Waals surface area contributed by atoms with E-state index in [4.69, 9.17) is 4.42 Å². The minimum Gasteiger partial charge on any atom is -0.464 e. The minimum atomic E-state index is 0.336. The van der Waals surface area contributed by atoms with Crippen LogP contribution in [0.5, 0.6) is 0 Å². The smallest absolute Gasteiger partial charge is 0.117 e. The lowest BCUT2D eigenvalue weighted by atomic mass is 10.1. The lowest BCUT2D eigenvalue weighted by Crippen LogP contribution is -2.17. The Morgan fingerprint density at radius 1 is 1.30 bits per heavy atom. The van der Waals surface area contributed by atoms with Gasteiger partial charge in [0, 0.05) is 12.0 Å². The number of benzene rings is 1. The van der Waals surface area contributed by atoms with Gasteiger partial charge in [0.25, 0.3) is 0 Å².